The van der Waals surface area contributed by atoms with Gasteiger partial charge in [0, 0.05) is 5.41 Å². The van der Waals surface area contributed by atoms with E-state index in [2.05, 4.69) is 4.40 Å². The van der Waals surface area contributed by atoms with Crippen LogP contribution in [0.3, 0.4) is 0 Å². The molecule has 9 heavy (non-hydrogen) atoms. The van der Waals surface area contributed by atoms with E-state index < -0.39 is 16.9 Å². The summed E-state index contributed by atoms with van der Waals surface area (Å²) in [6.45, 7) is 0. The normalized spacial score (nSPS) is 24.0. The maximum atomic E-state index is 10.4. The van der Waals surface area contributed by atoms with Crippen LogP contribution in [0.15, 0.2) is 15.9 Å². The fraction of sp³-hybridized carbons (Fsp3) is 0. The van der Waals surface area contributed by atoms with E-state index in [-0.39, 0.29) is 5.71 Å². The quantitative estimate of drug-likeness (QED) is 0.518. The molecule has 1 aliphatic rings. The first-order valence-electron chi connectivity index (χ1n) is 2.17. The highest BCUT2D eigenvalue weighted by atomic mass is 32.2. The molecule has 0 saturated heterocycles. The zero-order valence-electron chi connectivity index (χ0n) is 4.40. The summed E-state index contributed by atoms with van der Waals surface area (Å²) >= 11 is 0. The van der Waals surface area contributed by atoms with Gasteiger partial charge in [0.25, 0.3) is 5.91 Å². The van der Waals surface area contributed by atoms with Crippen LogP contribution in [0, 0.1) is 0 Å². The second-order valence-electron chi connectivity index (χ2n) is 1.42. The molecule has 0 aromatic carbocycles. The molecule has 48 valence electrons. The standard InChI is InChI=1S/C4H4N2O2S/c5-4(7)3-1-2-9(8)6-3/h1-2H,(H2,5,7). The second kappa shape index (κ2) is 2.10. The summed E-state index contributed by atoms with van der Waals surface area (Å²) in [5, 5.41) is 1.31. The first-order valence-corrected chi connectivity index (χ1v) is 3.34. The molecule has 2 N–H and O–H groups in total. The molecule has 0 aliphatic carbocycles. The highest BCUT2D eigenvalue weighted by molar-refractivity contribution is 7.87. The summed E-state index contributed by atoms with van der Waals surface area (Å²) in [6.07, 6.45) is 1.35. The largest absolute Gasteiger partial charge is 0.364 e. The van der Waals surface area contributed by atoms with Crippen LogP contribution in [0.5, 0.6) is 0 Å². The summed E-state index contributed by atoms with van der Waals surface area (Å²) in [5.74, 6) is -0.642. The van der Waals surface area contributed by atoms with Gasteiger partial charge in [0.15, 0.2) is 11.0 Å². The summed E-state index contributed by atoms with van der Waals surface area (Å²) in [4.78, 5) is 10.3. The van der Waals surface area contributed by atoms with Gasteiger partial charge < -0.3 is 5.73 Å². The van der Waals surface area contributed by atoms with Gasteiger partial charge in [-0.2, -0.15) is 4.40 Å². The average Bonchev–Trinajstić information content (AvgIpc) is 2.14. The Bertz CT molecular complexity index is 231. The minimum atomic E-state index is -1.37. The molecular weight excluding hydrogens is 140 g/mol. The van der Waals surface area contributed by atoms with Gasteiger partial charge in [-0.1, -0.05) is 0 Å². The third kappa shape index (κ3) is 1.23. The van der Waals surface area contributed by atoms with Crippen LogP contribution in [0.4, 0.5) is 0 Å². The molecule has 0 spiro atoms. The van der Waals surface area contributed by atoms with E-state index in [4.69, 9.17) is 5.73 Å². The monoisotopic (exact) mass is 144 g/mol. The first-order chi connectivity index (χ1) is 4.20. The maximum Gasteiger partial charge on any atom is 0.268 e. The third-order valence-electron chi connectivity index (χ3n) is 0.783. The van der Waals surface area contributed by atoms with E-state index in [9.17, 15) is 9.00 Å². The van der Waals surface area contributed by atoms with Crippen molar-refractivity contribution in [3.63, 3.8) is 0 Å². The van der Waals surface area contributed by atoms with Crippen LogP contribution in [-0.2, 0) is 15.8 Å². The molecule has 5 heteroatoms. The van der Waals surface area contributed by atoms with E-state index in [0.717, 1.165) is 0 Å². The minimum absolute atomic E-state index is 0.0772. The molecule has 1 amide bonds. The molecule has 4 nitrogen and oxygen atoms in total. The van der Waals surface area contributed by atoms with Crippen LogP contribution < -0.4 is 5.73 Å². The number of carbonyl (C=O) groups is 1. The number of primary amides is 1. The Kier molecular flexibility index (Phi) is 1.44. The molecule has 1 rings (SSSR count). The van der Waals surface area contributed by atoms with Crippen molar-refractivity contribution in [3.8, 4) is 0 Å². The SMILES string of the molecule is NC(=O)C1=NS(=O)C=C1. The minimum Gasteiger partial charge on any atom is -0.364 e. The molecule has 1 aliphatic heterocycles. The van der Waals surface area contributed by atoms with E-state index in [1.54, 1.807) is 0 Å². The Morgan fingerprint density at radius 2 is 2.44 bits per heavy atom. The number of amides is 1. The van der Waals surface area contributed by atoms with Gasteiger partial charge >= 0.3 is 0 Å². The lowest BCUT2D eigenvalue weighted by Crippen LogP contribution is -2.19. The lowest BCUT2D eigenvalue weighted by Gasteiger charge is -1.82. The zero-order valence-corrected chi connectivity index (χ0v) is 5.22. The van der Waals surface area contributed by atoms with Crippen molar-refractivity contribution >= 4 is 22.6 Å². The molecule has 0 saturated carbocycles. The Morgan fingerprint density at radius 3 is 2.67 bits per heavy atom. The van der Waals surface area contributed by atoms with Crippen molar-refractivity contribution in [3.05, 3.63) is 11.5 Å². The van der Waals surface area contributed by atoms with Gasteiger partial charge in [-0.05, 0) is 6.08 Å². The van der Waals surface area contributed by atoms with E-state index in [1.165, 1.54) is 11.5 Å². The Labute approximate surface area is 54.0 Å². The molecule has 0 bridgehead atoms. The molecule has 1 atom stereocenters. The van der Waals surface area contributed by atoms with Gasteiger partial charge in [0.05, 0.1) is 0 Å². The summed E-state index contributed by atoms with van der Waals surface area (Å²) in [6, 6.07) is 0. The van der Waals surface area contributed by atoms with Crippen LogP contribution in [0.1, 0.15) is 0 Å². The maximum absolute atomic E-state index is 10.4. The van der Waals surface area contributed by atoms with E-state index >= 15 is 0 Å². The van der Waals surface area contributed by atoms with Crippen LogP contribution >= 0.6 is 0 Å². The highest BCUT2D eigenvalue weighted by Gasteiger charge is 2.09. The van der Waals surface area contributed by atoms with Crippen molar-refractivity contribution < 1.29 is 9.00 Å². The van der Waals surface area contributed by atoms with Crippen LogP contribution in [0.2, 0.25) is 0 Å². The van der Waals surface area contributed by atoms with Crippen molar-refractivity contribution in [2.24, 2.45) is 10.1 Å². The van der Waals surface area contributed by atoms with Gasteiger partial charge in [-0.15, -0.1) is 0 Å². The van der Waals surface area contributed by atoms with Crippen LogP contribution in [-0.4, -0.2) is 15.8 Å². The topological polar surface area (TPSA) is 72.5 Å². The van der Waals surface area contributed by atoms with E-state index in [1.807, 2.05) is 0 Å². The number of rotatable bonds is 1. The lowest BCUT2D eigenvalue weighted by atomic mass is 10.4. The van der Waals surface area contributed by atoms with Crippen molar-refractivity contribution in [1.29, 1.82) is 0 Å². The molecule has 0 fully saturated rings. The molecule has 0 aromatic rings. The summed E-state index contributed by atoms with van der Waals surface area (Å²) in [7, 11) is -1.37. The highest BCUT2D eigenvalue weighted by Crippen LogP contribution is 1.98. The smallest absolute Gasteiger partial charge is 0.268 e. The van der Waals surface area contributed by atoms with Gasteiger partial charge in [-0.3, -0.25) is 4.79 Å². The molecule has 0 radical (unpaired) electrons. The molecule has 0 aromatic heterocycles. The lowest BCUT2D eigenvalue weighted by molar-refractivity contribution is -0.111. The first kappa shape index (κ1) is 6.15. The number of nitrogens with zero attached hydrogens (tertiary/aromatic N) is 1. The zero-order chi connectivity index (χ0) is 6.85. The van der Waals surface area contributed by atoms with Crippen molar-refractivity contribution in [1.82, 2.24) is 0 Å². The second-order valence-corrected chi connectivity index (χ2v) is 2.43. The van der Waals surface area contributed by atoms with Crippen molar-refractivity contribution in [2.45, 2.75) is 0 Å². The Balaban J connectivity index is 2.88. The number of nitrogens with two attached hydrogens (primary N) is 1. The molecule has 1 unspecified atom stereocenters. The predicted molar refractivity (Wildman–Crippen MR) is 33.9 cm³/mol. The van der Waals surface area contributed by atoms with Gasteiger partial charge in [-0.25, -0.2) is 4.21 Å². The van der Waals surface area contributed by atoms with E-state index in [0.29, 0.717) is 0 Å². The Hall–Kier alpha value is -0.970. The number of hydrogen-bond acceptors (Lipinski definition) is 2. The van der Waals surface area contributed by atoms with Crippen LogP contribution in [0.25, 0.3) is 0 Å². The van der Waals surface area contributed by atoms with Gasteiger partial charge in [0.2, 0.25) is 0 Å². The molecular formula is C4H4N2O2S. The van der Waals surface area contributed by atoms with Crippen molar-refractivity contribution in [2.75, 3.05) is 0 Å². The fourth-order valence-electron chi connectivity index (χ4n) is 0.408. The third-order valence-corrected chi connectivity index (χ3v) is 1.53. The average molecular weight is 144 g/mol. The summed E-state index contributed by atoms with van der Waals surface area (Å²) < 4.78 is 13.8. The molecule has 1 heterocycles. The summed E-state index contributed by atoms with van der Waals surface area (Å²) in [5.41, 5.74) is 4.88. The number of carbonyl (C=O) groups excluding carboxylic acids is 1. The van der Waals surface area contributed by atoms with Gasteiger partial charge in [0.1, 0.15) is 5.71 Å². The fourth-order valence-corrected chi connectivity index (χ4v) is 1.06. The Morgan fingerprint density at radius 1 is 1.78 bits per heavy atom. The number of hydrogen-bond donors (Lipinski definition) is 1. The predicted octanol–water partition coefficient (Wildman–Crippen LogP) is -0.896.